The van der Waals surface area contributed by atoms with Crippen LogP contribution in [0.1, 0.15) is 27.8 Å². The molecule has 4 aliphatic heterocycles. The molecule has 0 amide bonds. The van der Waals surface area contributed by atoms with Gasteiger partial charge in [-0.3, -0.25) is 0 Å². The lowest BCUT2D eigenvalue weighted by Gasteiger charge is -2.42. The standard InChI is InChI=1S/C43H35BN2O6/c1-22-18-29-35-30(19-22)46(37-24(3)21-34-41(26(37)5)50-17-15-48-34)39-28-11-7-9-13-32(28)52-43(39)44(35)42-38(27-10-6-8-12-31(27)51-42)45(29)36-23(2)20-33-40(25(36)4)49-16-14-47-33/h6-13,18-21H,14-17H2,1-5H3. The Kier molecular flexibility index (Phi) is 6.03. The number of para-hydroxylation sites is 2. The van der Waals surface area contributed by atoms with Crippen molar-refractivity contribution < 1.29 is 27.8 Å². The molecule has 11 rings (SSSR count). The van der Waals surface area contributed by atoms with Crippen LogP contribution in [0.15, 0.2) is 81.6 Å². The van der Waals surface area contributed by atoms with Crippen LogP contribution in [0.4, 0.5) is 34.1 Å². The number of rotatable bonds is 2. The molecule has 0 atom stereocenters. The number of ether oxygens (including phenoxy) is 4. The maximum absolute atomic E-state index is 7.02. The van der Waals surface area contributed by atoms with Crippen LogP contribution in [0.25, 0.3) is 21.9 Å². The van der Waals surface area contributed by atoms with Gasteiger partial charge < -0.3 is 37.6 Å². The second-order valence-electron chi connectivity index (χ2n) is 14.3. The molecule has 9 heteroatoms. The Balaban J connectivity index is 1.29. The summed E-state index contributed by atoms with van der Waals surface area (Å²) >= 11 is 0. The number of nitrogens with zero attached hydrogens (tertiary/aromatic N) is 2. The van der Waals surface area contributed by atoms with Crippen LogP contribution in [-0.4, -0.2) is 33.1 Å². The SMILES string of the molecule is Cc1cc2c3c(c1)N(c1c(C)cc4c(c1C)OCCO4)c1c(oc4ccccc14)B3c1oc3ccccc3c1N2c1c(C)cc2c(c1C)OCCO2. The zero-order valence-electron chi connectivity index (χ0n) is 29.7. The van der Waals surface area contributed by atoms with Gasteiger partial charge in [0.2, 0.25) is 0 Å². The summed E-state index contributed by atoms with van der Waals surface area (Å²) in [6.45, 7) is 12.5. The van der Waals surface area contributed by atoms with Crippen molar-refractivity contribution in [2.45, 2.75) is 34.6 Å². The molecule has 0 unspecified atom stereocenters. The molecule has 52 heavy (non-hydrogen) atoms. The molecule has 0 radical (unpaired) electrons. The molecule has 6 heterocycles. The highest BCUT2D eigenvalue weighted by Gasteiger charge is 2.50. The molecule has 2 aromatic heterocycles. The summed E-state index contributed by atoms with van der Waals surface area (Å²) < 4.78 is 38.8. The van der Waals surface area contributed by atoms with Crippen molar-refractivity contribution >= 4 is 79.6 Å². The first-order valence-electron chi connectivity index (χ1n) is 18.0. The van der Waals surface area contributed by atoms with Crippen LogP contribution >= 0.6 is 0 Å². The Bertz CT molecular complexity index is 2510. The van der Waals surface area contributed by atoms with Crippen molar-refractivity contribution in [3.05, 3.63) is 101 Å². The molecule has 4 aliphatic rings. The van der Waals surface area contributed by atoms with E-state index in [0.29, 0.717) is 26.4 Å². The van der Waals surface area contributed by atoms with E-state index >= 15 is 0 Å². The highest BCUT2D eigenvalue weighted by atomic mass is 16.6. The van der Waals surface area contributed by atoms with E-state index in [0.717, 1.165) is 124 Å². The summed E-state index contributed by atoms with van der Waals surface area (Å²) in [5, 5.41) is 2.08. The predicted octanol–water partition coefficient (Wildman–Crippen LogP) is 8.35. The highest BCUT2D eigenvalue weighted by molar-refractivity contribution is 6.99. The summed E-state index contributed by atoms with van der Waals surface area (Å²) in [5.41, 5.74) is 16.1. The lowest BCUT2D eigenvalue weighted by atomic mass is 9.37. The quantitative estimate of drug-likeness (QED) is 0.168. The minimum absolute atomic E-state index is 0.307. The summed E-state index contributed by atoms with van der Waals surface area (Å²) in [6.07, 6.45) is 0. The van der Waals surface area contributed by atoms with Crippen molar-refractivity contribution in [1.82, 2.24) is 0 Å². The average Bonchev–Trinajstić information content (AvgIpc) is 3.72. The van der Waals surface area contributed by atoms with Gasteiger partial charge in [-0.05, 0) is 105 Å². The number of benzene rings is 5. The number of aryl methyl sites for hydroxylation is 3. The van der Waals surface area contributed by atoms with E-state index < -0.39 is 0 Å². The molecule has 0 saturated heterocycles. The molecule has 7 aromatic rings. The molecule has 5 aromatic carbocycles. The fraction of sp³-hybridized carbons (Fsp3) is 0.209. The summed E-state index contributed by atoms with van der Waals surface area (Å²) in [4.78, 5) is 4.81. The third-order valence-electron chi connectivity index (χ3n) is 11.1. The average molecular weight is 687 g/mol. The fourth-order valence-electron chi connectivity index (χ4n) is 9.16. The first kappa shape index (κ1) is 29.7. The largest absolute Gasteiger partial charge is 0.486 e. The maximum atomic E-state index is 7.02. The van der Waals surface area contributed by atoms with E-state index in [4.69, 9.17) is 27.8 Å². The lowest BCUT2D eigenvalue weighted by molar-refractivity contribution is 0.170. The number of furan rings is 2. The van der Waals surface area contributed by atoms with Gasteiger partial charge in [0, 0.05) is 33.3 Å². The van der Waals surface area contributed by atoms with Gasteiger partial charge in [-0.2, -0.15) is 0 Å². The Labute approximate surface area is 301 Å². The predicted molar refractivity (Wildman–Crippen MR) is 206 cm³/mol. The maximum Gasteiger partial charge on any atom is 0.342 e. The van der Waals surface area contributed by atoms with Crippen LogP contribution in [0.5, 0.6) is 23.0 Å². The van der Waals surface area contributed by atoms with Crippen molar-refractivity contribution in [2.24, 2.45) is 0 Å². The van der Waals surface area contributed by atoms with Crippen LogP contribution < -0.4 is 45.5 Å². The van der Waals surface area contributed by atoms with Crippen LogP contribution in [0.2, 0.25) is 0 Å². The molecular weight excluding hydrogens is 651 g/mol. The molecule has 0 fully saturated rings. The summed E-state index contributed by atoms with van der Waals surface area (Å²) in [6, 6.07) is 25.5. The van der Waals surface area contributed by atoms with E-state index in [-0.39, 0.29) is 6.71 Å². The fourth-order valence-corrected chi connectivity index (χ4v) is 9.16. The first-order valence-corrected chi connectivity index (χ1v) is 18.0. The van der Waals surface area contributed by atoms with Crippen molar-refractivity contribution in [2.75, 3.05) is 36.2 Å². The van der Waals surface area contributed by atoms with Gasteiger partial charge in [0.1, 0.15) is 48.9 Å². The Morgan fingerprint density at radius 2 is 0.962 bits per heavy atom. The minimum atomic E-state index is -0.307. The first-order chi connectivity index (χ1) is 25.4. The second-order valence-corrected chi connectivity index (χ2v) is 14.3. The van der Waals surface area contributed by atoms with Gasteiger partial charge in [-0.25, -0.2) is 0 Å². The molecule has 0 N–H and O–H groups in total. The Morgan fingerprint density at radius 3 is 1.44 bits per heavy atom. The molecule has 0 spiro atoms. The van der Waals surface area contributed by atoms with Crippen LogP contribution in [-0.2, 0) is 0 Å². The summed E-state index contributed by atoms with van der Waals surface area (Å²) in [7, 11) is 0. The van der Waals surface area contributed by atoms with E-state index in [1.54, 1.807) is 0 Å². The van der Waals surface area contributed by atoms with Crippen LogP contribution in [0.3, 0.4) is 0 Å². The molecule has 0 saturated carbocycles. The van der Waals surface area contributed by atoms with E-state index in [1.807, 2.05) is 12.1 Å². The molecule has 8 nitrogen and oxygen atoms in total. The minimum Gasteiger partial charge on any atom is -0.486 e. The number of anilines is 6. The van der Waals surface area contributed by atoms with Crippen molar-refractivity contribution in [3.63, 3.8) is 0 Å². The smallest absolute Gasteiger partial charge is 0.342 e. The lowest BCUT2D eigenvalue weighted by Crippen LogP contribution is -2.60. The van der Waals surface area contributed by atoms with E-state index in [2.05, 4.69) is 105 Å². The summed E-state index contributed by atoms with van der Waals surface area (Å²) in [5.74, 6) is 3.14. The zero-order chi connectivity index (χ0) is 35.0. The Hall–Kier alpha value is -5.96. The van der Waals surface area contributed by atoms with Crippen molar-refractivity contribution in [1.29, 1.82) is 0 Å². The third kappa shape index (κ3) is 3.83. The molecule has 0 bridgehead atoms. The molecule has 0 aliphatic carbocycles. The van der Waals surface area contributed by atoms with Crippen molar-refractivity contribution in [3.8, 4) is 23.0 Å². The number of fused-ring (bicyclic) bond motifs is 10. The topological polar surface area (TPSA) is 69.7 Å². The molecule has 256 valence electrons. The van der Waals surface area contributed by atoms with Gasteiger partial charge in [0.15, 0.2) is 23.0 Å². The number of hydrogen-bond donors (Lipinski definition) is 0. The Morgan fingerprint density at radius 1 is 0.519 bits per heavy atom. The van der Waals surface area contributed by atoms with Crippen LogP contribution in [0, 0.1) is 34.6 Å². The van der Waals surface area contributed by atoms with E-state index in [9.17, 15) is 0 Å². The van der Waals surface area contributed by atoms with Gasteiger partial charge >= 0.3 is 6.71 Å². The second kappa shape index (κ2) is 10.5. The highest BCUT2D eigenvalue weighted by Crippen LogP contribution is 2.54. The van der Waals surface area contributed by atoms with E-state index in [1.165, 1.54) is 0 Å². The monoisotopic (exact) mass is 686 g/mol. The van der Waals surface area contributed by atoms with Gasteiger partial charge in [-0.15, -0.1) is 0 Å². The molecular formula is C43H35BN2O6. The van der Waals surface area contributed by atoms with Gasteiger partial charge in [0.05, 0.1) is 22.7 Å². The third-order valence-corrected chi connectivity index (χ3v) is 11.1. The van der Waals surface area contributed by atoms with Gasteiger partial charge in [0.25, 0.3) is 0 Å². The normalized spacial score (nSPS) is 15.2. The zero-order valence-corrected chi connectivity index (χ0v) is 29.7. The van der Waals surface area contributed by atoms with Gasteiger partial charge in [-0.1, -0.05) is 24.3 Å². The number of hydrogen-bond acceptors (Lipinski definition) is 8.